The number of carbonyl (C=O) groups is 1. The molecule has 0 aliphatic rings. The third-order valence-electron chi connectivity index (χ3n) is 4.15. The summed E-state index contributed by atoms with van der Waals surface area (Å²) in [5.74, 6) is -0.953. The second-order valence-corrected chi connectivity index (χ2v) is 6.66. The molecular formula is C20H12Cl2N2O2. The first-order chi connectivity index (χ1) is 12.5. The molecular weight excluding hydrogens is 371 g/mol. The lowest BCUT2D eigenvalue weighted by molar-refractivity contribution is 0.0697. The standard InChI is InChI=1S/C20H12Cl2N2O2/c21-16-6-7-18(17(22)10-16)24-19-9-13(4-5-15(19)11-23-24)12-2-1-3-14(8-12)20(25)26/h1-11H,(H,25,26). The summed E-state index contributed by atoms with van der Waals surface area (Å²) < 4.78 is 1.75. The Kier molecular flexibility index (Phi) is 4.15. The number of aromatic carboxylic acids is 1. The molecule has 4 aromatic rings. The first-order valence-corrected chi connectivity index (χ1v) is 8.55. The van der Waals surface area contributed by atoms with Crippen molar-refractivity contribution < 1.29 is 9.90 Å². The van der Waals surface area contributed by atoms with E-state index in [0.717, 1.165) is 27.7 Å². The second-order valence-electron chi connectivity index (χ2n) is 5.81. The van der Waals surface area contributed by atoms with Crippen molar-refractivity contribution in [3.63, 3.8) is 0 Å². The molecule has 0 saturated heterocycles. The number of fused-ring (bicyclic) bond motifs is 1. The van der Waals surface area contributed by atoms with E-state index in [4.69, 9.17) is 23.2 Å². The summed E-state index contributed by atoms with van der Waals surface area (Å²) in [5, 5.41) is 15.6. The number of hydrogen-bond acceptors (Lipinski definition) is 2. The summed E-state index contributed by atoms with van der Waals surface area (Å²) in [6, 6.07) is 17.9. The van der Waals surface area contributed by atoms with Gasteiger partial charge in [0.15, 0.2) is 0 Å². The monoisotopic (exact) mass is 382 g/mol. The Hall–Kier alpha value is -2.82. The quantitative estimate of drug-likeness (QED) is 0.494. The fourth-order valence-electron chi connectivity index (χ4n) is 2.87. The molecule has 26 heavy (non-hydrogen) atoms. The van der Waals surface area contributed by atoms with E-state index in [0.29, 0.717) is 10.0 Å². The van der Waals surface area contributed by atoms with E-state index in [2.05, 4.69) is 5.10 Å². The van der Waals surface area contributed by atoms with Crippen LogP contribution in [-0.2, 0) is 0 Å². The molecule has 4 nitrogen and oxygen atoms in total. The minimum absolute atomic E-state index is 0.247. The maximum atomic E-state index is 11.2. The van der Waals surface area contributed by atoms with Gasteiger partial charge in [-0.1, -0.05) is 47.5 Å². The number of hydrogen-bond donors (Lipinski definition) is 1. The van der Waals surface area contributed by atoms with Crippen LogP contribution in [0.3, 0.4) is 0 Å². The van der Waals surface area contributed by atoms with Crippen LogP contribution in [0.25, 0.3) is 27.7 Å². The SMILES string of the molecule is O=C(O)c1cccc(-c2ccc3cnn(-c4ccc(Cl)cc4Cl)c3c2)c1. The fraction of sp³-hybridized carbons (Fsp3) is 0. The number of benzene rings is 3. The van der Waals surface area contributed by atoms with Crippen LogP contribution >= 0.6 is 23.2 Å². The molecule has 1 heterocycles. The molecule has 1 aromatic heterocycles. The van der Waals surface area contributed by atoms with Crippen LogP contribution in [0.15, 0.2) is 66.9 Å². The number of halogens is 2. The van der Waals surface area contributed by atoms with E-state index in [1.54, 1.807) is 41.2 Å². The Morgan fingerprint density at radius 3 is 2.54 bits per heavy atom. The smallest absolute Gasteiger partial charge is 0.335 e. The van der Waals surface area contributed by atoms with Gasteiger partial charge in [0.25, 0.3) is 0 Å². The van der Waals surface area contributed by atoms with Crippen molar-refractivity contribution in [1.29, 1.82) is 0 Å². The first kappa shape index (κ1) is 16.6. The van der Waals surface area contributed by atoms with Crippen LogP contribution in [0.1, 0.15) is 10.4 Å². The molecule has 4 rings (SSSR count). The highest BCUT2D eigenvalue weighted by molar-refractivity contribution is 6.35. The predicted octanol–water partition coefficient (Wildman–Crippen LogP) is 5.70. The lowest BCUT2D eigenvalue weighted by Gasteiger charge is -2.08. The Morgan fingerprint density at radius 2 is 1.77 bits per heavy atom. The lowest BCUT2D eigenvalue weighted by Crippen LogP contribution is -1.97. The van der Waals surface area contributed by atoms with Crippen LogP contribution < -0.4 is 0 Å². The molecule has 0 aliphatic carbocycles. The molecule has 0 radical (unpaired) electrons. The van der Waals surface area contributed by atoms with Crippen LogP contribution in [0.5, 0.6) is 0 Å². The zero-order chi connectivity index (χ0) is 18.3. The molecule has 0 atom stereocenters. The van der Waals surface area contributed by atoms with Gasteiger partial charge in [0.05, 0.1) is 28.0 Å². The van der Waals surface area contributed by atoms with Gasteiger partial charge in [-0.3, -0.25) is 0 Å². The third kappa shape index (κ3) is 2.94. The largest absolute Gasteiger partial charge is 0.478 e. The summed E-state index contributed by atoms with van der Waals surface area (Å²) >= 11 is 12.3. The molecule has 0 amide bonds. The van der Waals surface area contributed by atoms with Gasteiger partial charge >= 0.3 is 5.97 Å². The van der Waals surface area contributed by atoms with Gasteiger partial charge in [0.1, 0.15) is 0 Å². The van der Waals surface area contributed by atoms with Gasteiger partial charge in [-0.25, -0.2) is 9.48 Å². The second kappa shape index (κ2) is 6.48. The highest BCUT2D eigenvalue weighted by Gasteiger charge is 2.11. The predicted molar refractivity (Wildman–Crippen MR) is 103 cm³/mol. The minimum Gasteiger partial charge on any atom is -0.478 e. The Balaban J connectivity index is 1.87. The van der Waals surface area contributed by atoms with Gasteiger partial charge in [0.2, 0.25) is 0 Å². The highest BCUT2D eigenvalue weighted by atomic mass is 35.5. The maximum absolute atomic E-state index is 11.2. The van der Waals surface area contributed by atoms with Crippen LogP contribution in [0, 0.1) is 0 Å². The molecule has 0 fully saturated rings. The topological polar surface area (TPSA) is 55.1 Å². The first-order valence-electron chi connectivity index (χ1n) is 7.80. The van der Waals surface area contributed by atoms with E-state index in [1.807, 2.05) is 30.3 Å². The zero-order valence-corrected chi connectivity index (χ0v) is 14.9. The molecule has 0 bridgehead atoms. The summed E-state index contributed by atoms with van der Waals surface area (Å²) in [5.41, 5.74) is 3.56. The van der Waals surface area contributed by atoms with Crippen molar-refractivity contribution >= 4 is 40.1 Å². The van der Waals surface area contributed by atoms with Crippen molar-refractivity contribution in [1.82, 2.24) is 9.78 Å². The molecule has 0 saturated carbocycles. The van der Waals surface area contributed by atoms with Gasteiger partial charge < -0.3 is 5.11 Å². The van der Waals surface area contributed by atoms with E-state index in [-0.39, 0.29) is 5.56 Å². The molecule has 0 aliphatic heterocycles. The van der Waals surface area contributed by atoms with Crippen molar-refractivity contribution in [2.45, 2.75) is 0 Å². The average molecular weight is 383 g/mol. The van der Waals surface area contributed by atoms with Crippen LogP contribution in [-0.4, -0.2) is 20.9 Å². The number of rotatable bonds is 3. The minimum atomic E-state index is -0.953. The number of carboxylic acids is 1. The van der Waals surface area contributed by atoms with Gasteiger partial charge in [0, 0.05) is 10.4 Å². The van der Waals surface area contributed by atoms with Crippen LogP contribution in [0.4, 0.5) is 0 Å². The Labute approximate surface area is 159 Å². The summed E-state index contributed by atoms with van der Waals surface area (Å²) in [7, 11) is 0. The number of nitrogens with zero attached hydrogens (tertiary/aromatic N) is 2. The van der Waals surface area contributed by atoms with Crippen LogP contribution in [0.2, 0.25) is 10.0 Å². The summed E-state index contributed by atoms with van der Waals surface area (Å²) in [4.78, 5) is 11.2. The fourth-order valence-corrected chi connectivity index (χ4v) is 3.36. The van der Waals surface area contributed by atoms with Gasteiger partial charge in [-0.2, -0.15) is 5.10 Å². The van der Waals surface area contributed by atoms with E-state index in [1.165, 1.54) is 0 Å². The van der Waals surface area contributed by atoms with Crippen molar-refractivity contribution in [3.05, 3.63) is 82.5 Å². The zero-order valence-electron chi connectivity index (χ0n) is 13.4. The highest BCUT2D eigenvalue weighted by Crippen LogP contribution is 2.30. The summed E-state index contributed by atoms with van der Waals surface area (Å²) in [6.45, 7) is 0. The van der Waals surface area contributed by atoms with Crippen molar-refractivity contribution in [2.24, 2.45) is 0 Å². The molecule has 1 N–H and O–H groups in total. The molecule has 0 unspecified atom stereocenters. The van der Waals surface area contributed by atoms with E-state index >= 15 is 0 Å². The number of aromatic nitrogens is 2. The normalized spacial score (nSPS) is 11.0. The molecule has 128 valence electrons. The van der Waals surface area contributed by atoms with Gasteiger partial charge in [-0.05, 0) is 47.5 Å². The van der Waals surface area contributed by atoms with E-state index < -0.39 is 5.97 Å². The Bertz CT molecular complexity index is 1150. The maximum Gasteiger partial charge on any atom is 0.335 e. The van der Waals surface area contributed by atoms with Gasteiger partial charge in [-0.15, -0.1) is 0 Å². The average Bonchev–Trinajstić information content (AvgIpc) is 3.05. The lowest BCUT2D eigenvalue weighted by atomic mass is 10.0. The number of carboxylic acid groups (broad SMARTS) is 1. The Morgan fingerprint density at radius 1 is 0.962 bits per heavy atom. The van der Waals surface area contributed by atoms with E-state index in [9.17, 15) is 9.90 Å². The summed E-state index contributed by atoms with van der Waals surface area (Å²) in [6.07, 6.45) is 1.76. The van der Waals surface area contributed by atoms with Crippen molar-refractivity contribution in [2.75, 3.05) is 0 Å². The molecule has 0 spiro atoms. The third-order valence-corrected chi connectivity index (χ3v) is 4.69. The molecule has 3 aromatic carbocycles. The molecule has 6 heteroatoms. The van der Waals surface area contributed by atoms with Crippen molar-refractivity contribution in [3.8, 4) is 16.8 Å².